The molecule has 0 aliphatic carbocycles. The van der Waals surface area contributed by atoms with E-state index in [9.17, 15) is 4.79 Å². The molecule has 0 radical (unpaired) electrons. The van der Waals surface area contributed by atoms with E-state index in [1.807, 2.05) is 56.3 Å². The van der Waals surface area contributed by atoms with E-state index in [-0.39, 0.29) is 5.91 Å². The van der Waals surface area contributed by atoms with E-state index in [1.54, 1.807) is 11.8 Å². The predicted octanol–water partition coefficient (Wildman–Crippen LogP) is 6.05. The molecule has 0 saturated carbocycles. The monoisotopic (exact) mass is 442 g/mol. The van der Waals surface area contributed by atoms with Crippen molar-refractivity contribution in [3.05, 3.63) is 100 Å². The fraction of sp³-hybridized carbons (Fsp3) is 0.192. The van der Waals surface area contributed by atoms with Gasteiger partial charge in [-0.25, -0.2) is 0 Å². The third-order valence-electron chi connectivity index (χ3n) is 5.44. The van der Waals surface area contributed by atoms with Crippen molar-refractivity contribution in [2.75, 3.05) is 5.32 Å². The highest BCUT2D eigenvalue weighted by atomic mass is 32.2. The Morgan fingerprint density at radius 1 is 0.875 bits per heavy atom. The highest BCUT2D eigenvalue weighted by Gasteiger charge is 2.12. The molecule has 0 aliphatic heterocycles. The number of aromatic nitrogens is 3. The molecule has 1 N–H and O–H groups in total. The molecule has 32 heavy (non-hydrogen) atoms. The molecule has 0 atom stereocenters. The van der Waals surface area contributed by atoms with Crippen molar-refractivity contribution in [1.82, 2.24) is 14.8 Å². The summed E-state index contributed by atoms with van der Waals surface area (Å²) in [5.74, 6) is 1.49. The fourth-order valence-electron chi connectivity index (χ4n) is 3.35. The second-order valence-corrected chi connectivity index (χ2v) is 8.88. The molecule has 0 spiro atoms. The molecular formula is C26H26N4OS. The Balaban J connectivity index is 1.42. The van der Waals surface area contributed by atoms with Crippen LogP contribution in [-0.4, -0.2) is 20.7 Å². The largest absolute Gasteiger partial charge is 0.322 e. The van der Waals surface area contributed by atoms with Gasteiger partial charge in [0, 0.05) is 22.7 Å². The number of nitrogens with zero attached hydrogens (tertiary/aromatic N) is 3. The van der Waals surface area contributed by atoms with E-state index < -0.39 is 0 Å². The first-order valence-electron chi connectivity index (χ1n) is 10.5. The molecular weight excluding hydrogens is 416 g/mol. The number of hydrogen-bond donors (Lipinski definition) is 1. The summed E-state index contributed by atoms with van der Waals surface area (Å²) in [5.41, 5.74) is 7.20. The molecule has 1 amide bonds. The van der Waals surface area contributed by atoms with Crippen molar-refractivity contribution >= 4 is 23.4 Å². The summed E-state index contributed by atoms with van der Waals surface area (Å²) in [6.07, 6.45) is 0. The van der Waals surface area contributed by atoms with Crippen molar-refractivity contribution in [2.24, 2.45) is 0 Å². The average Bonchev–Trinajstić information content (AvgIpc) is 3.16. The Hall–Kier alpha value is -3.38. The number of amides is 1. The zero-order valence-corrected chi connectivity index (χ0v) is 19.5. The van der Waals surface area contributed by atoms with Crippen LogP contribution in [0.5, 0.6) is 0 Å². The van der Waals surface area contributed by atoms with Gasteiger partial charge in [-0.1, -0.05) is 47.7 Å². The van der Waals surface area contributed by atoms with Gasteiger partial charge in [0.2, 0.25) is 0 Å². The summed E-state index contributed by atoms with van der Waals surface area (Å²) in [6.45, 7) is 8.13. The number of hydrogen-bond acceptors (Lipinski definition) is 4. The normalized spacial score (nSPS) is 10.9. The molecule has 0 saturated heterocycles. The van der Waals surface area contributed by atoms with Gasteiger partial charge >= 0.3 is 0 Å². The van der Waals surface area contributed by atoms with Crippen LogP contribution in [0, 0.1) is 27.7 Å². The van der Waals surface area contributed by atoms with Crippen LogP contribution in [0.4, 0.5) is 5.69 Å². The molecule has 5 nitrogen and oxygen atoms in total. The van der Waals surface area contributed by atoms with E-state index in [0.717, 1.165) is 39.2 Å². The number of thioether (sulfide) groups is 1. The van der Waals surface area contributed by atoms with Gasteiger partial charge < -0.3 is 5.32 Å². The molecule has 0 unspecified atom stereocenters. The highest BCUT2D eigenvalue weighted by molar-refractivity contribution is 7.98. The van der Waals surface area contributed by atoms with Crippen LogP contribution in [0.3, 0.4) is 0 Å². The summed E-state index contributed by atoms with van der Waals surface area (Å²) in [6, 6.07) is 22.0. The lowest BCUT2D eigenvalue weighted by atomic mass is 10.1. The summed E-state index contributed by atoms with van der Waals surface area (Å²) in [4.78, 5) is 12.6. The van der Waals surface area contributed by atoms with Crippen LogP contribution < -0.4 is 5.32 Å². The molecule has 162 valence electrons. The predicted molar refractivity (Wildman–Crippen MR) is 131 cm³/mol. The van der Waals surface area contributed by atoms with Crippen LogP contribution in [0.25, 0.3) is 5.69 Å². The first kappa shape index (κ1) is 21.8. The molecule has 0 fully saturated rings. The molecule has 6 heteroatoms. The second kappa shape index (κ2) is 9.40. The summed E-state index contributed by atoms with van der Waals surface area (Å²) in [5, 5.41) is 12.4. The van der Waals surface area contributed by atoms with Gasteiger partial charge in [0.25, 0.3) is 5.91 Å². The van der Waals surface area contributed by atoms with Gasteiger partial charge in [-0.15, -0.1) is 10.2 Å². The average molecular weight is 443 g/mol. The van der Waals surface area contributed by atoms with Crippen LogP contribution >= 0.6 is 11.8 Å². The van der Waals surface area contributed by atoms with Crippen LogP contribution in [0.1, 0.15) is 38.4 Å². The van der Waals surface area contributed by atoms with Crippen molar-refractivity contribution in [1.29, 1.82) is 0 Å². The lowest BCUT2D eigenvalue weighted by molar-refractivity contribution is 0.102. The summed E-state index contributed by atoms with van der Waals surface area (Å²) in [7, 11) is 0. The summed E-state index contributed by atoms with van der Waals surface area (Å²) < 4.78 is 2.06. The van der Waals surface area contributed by atoms with Crippen LogP contribution in [0.2, 0.25) is 0 Å². The third kappa shape index (κ3) is 4.92. The van der Waals surface area contributed by atoms with Crippen molar-refractivity contribution < 1.29 is 4.79 Å². The Morgan fingerprint density at radius 2 is 1.59 bits per heavy atom. The molecule has 3 aromatic carbocycles. The maximum atomic E-state index is 12.6. The number of anilines is 1. The van der Waals surface area contributed by atoms with Crippen molar-refractivity contribution in [3.8, 4) is 5.69 Å². The standard InChI is InChI=1S/C26H26N4OS/c1-17-5-13-24(14-6-17)30-20(4)28-29-26(30)32-16-21-8-10-22(11-9-21)25(31)27-23-12-7-18(2)19(3)15-23/h5-15H,16H2,1-4H3,(H,27,31). The van der Waals surface area contributed by atoms with Crippen LogP contribution in [0.15, 0.2) is 71.9 Å². The third-order valence-corrected chi connectivity index (χ3v) is 6.44. The first-order chi connectivity index (χ1) is 15.4. The molecule has 0 aliphatic rings. The Kier molecular flexibility index (Phi) is 6.42. The Labute approximate surface area is 192 Å². The van der Waals surface area contributed by atoms with Gasteiger partial charge in [0.15, 0.2) is 5.16 Å². The van der Waals surface area contributed by atoms with Gasteiger partial charge in [0.05, 0.1) is 0 Å². The van der Waals surface area contributed by atoms with Gasteiger partial charge in [-0.05, 0) is 80.8 Å². The van der Waals surface area contributed by atoms with Crippen LogP contribution in [-0.2, 0) is 5.75 Å². The maximum absolute atomic E-state index is 12.6. The van der Waals surface area contributed by atoms with E-state index in [0.29, 0.717) is 5.56 Å². The topological polar surface area (TPSA) is 59.8 Å². The van der Waals surface area contributed by atoms with E-state index >= 15 is 0 Å². The van der Waals surface area contributed by atoms with Gasteiger partial charge in [0.1, 0.15) is 5.82 Å². The molecule has 0 bridgehead atoms. The van der Waals surface area contributed by atoms with Gasteiger partial charge in [-0.2, -0.15) is 0 Å². The minimum atomic E-state index is -0.109. The molecule has 4 aromatic rings. The fourth-order valence-corrected chi connectivity index (χ4v) is 4.30. The second-order valence-electron chi connectivity index (χ2n) is 7.94. The number of carbonyl (C=O) groups is 1. The van der Waals surface area contributed by atoms with Crippen molar-refractivity contribution in [2.45, 2.75) is 38.6 Å². The zero-order valence-electron chi connectivity index (χ0n) is 18.7. The number of benzene rings is 3. The smallest absolute Gasteiger partial charge is 0.255 e. The highest BCUT2D eigenvalue weighted by Crippen LogP contribution is 2.25. The molecule has 4 rings (SSSR count). The van der Waals surface area contributed by atoms with Crippen molar-refractivity contribution in [3.63, 3.8) is 0 Å². The number of carbonyl (C=O) groups excluding carboxylic acids is 1. The van der Waals surface area contributed by atoms with E-state index in [4.69, 9.17) is 0 Å². The minimum absolute atomic E-state index is 0.109. The number of aryl methyl sites for hydroxylation is 4. The lowest BCUT2D eigenvalue weighted by Gasteiger charge is -2.10. The molecule has 1 aromatic heterocycles. The Bertz CT molecular complexity index is 1240. The SMILES string of the molecule is Cc1ccc(-n2c(C)nnc2SCc2ccc(C(=O)Nc3ccc(C)c(C)c3)cc2)cc1. The number of nitrogens with one attached hydrogen (secondary N) is 1. The lowest BCUT2D eigenvalue weighted by Crippen LogP contribution is -2.12. The van der Waals surface area contributed by atoms with Gasteiger partial charge in [-0.3, -0.25) is 9.36 Å². The quantitative estimate of drug-likeness (QED) is 0.370. The molecule has 1 heterocycles. The Morgan fingerprint density at radius 3 is 2.28 bits per heavy atom. The summed E-state index contributed by atoms with van der Waals surface area (Å²) >= 11 is 1.63. The van der Waals surface area contributed by atoms with E-state index in [1.165, 1.54) is 11.1 Å². The zero-order chi connectivity index (χ0) is 22.7. The number of rotatable bonds is 6. The minimum Gasteiger partial charge on any atom is -0.322 e. The van der Waals surface area contributed by atoms with E-state index in [2.05, 4.69) is 58.2 Å². The first-order valence-corrected chi connectivity index (χ1v) is 11.5. The maximum Gasteiger partial charge on any atom is 0.255 e.